The molecule has 14 nitrogen and oxygen atoms in total. The summed E-state index contributed by atoms with van der Waals surface area (Å²) >= 11 is 0. The van der Waals surface area contributed by atoms with Crippen LogP contribution in [0.5, 0.6) is 0 Å². The number of para-hydroxylation sites is 9. The van der Waals surface area contributed by atoms with E-state index >= 15 is 0 Å². The van der Waals surface area contributed by atoms with E-state index in [-0.39, 0.29) is 19.5 Å². The average molecular weight is 1860 g/mol. The van der Waals surface area contributed by atoms with E-state index in [0.717, 1.165) is 146 Å². The summed E-state index contributed by atoms with van der Waals surface area (Å²) < 4.78 is 0. The van der Waals surface area contributed by atoms with Crippen LogP contribution in [0, 0.1) is 0 Å². The Morgan fingerprint density at radius 2 is 0.305 bits per heavy atom. The van der Waals surface area contributed by atoms with Crippen molar-refractivity contribution in [3.8, 4) is 56.7 Å². The Hall–Kier alpha value is -18.6. The maximum Gasteiger partial charge on any atom is 2.00 e. The minimum atomic E-state index is 0. The number of hydrogen-bond acceptors (Lipinski definition) is 12. The molecule has 0 radical (unpaired) electrons. The Morgan fingerprint density at radius 3 is 0.539 bits per heavy atom. The third kappa shape index (κ3) is 18.2. The molecule has 2 aliphatic heterocycles. The number of nitrogens with zero attached hydrogens (tertiary/aromatic N) is 14. The first-order valence-electron chi connectivity index (χ1n) is 46.8. The van der Waals surface area contributed by atoms with E-state index < -0.39 is 0 Å². The van der Waals surface area contributed by atoms with Gasteiger partial charge in [-0.2, -0.15) is 0 Å². The van der Waals surface area contributed by atoms with Crippen LogP contribution >= 0.6 is 0 Å². The molecule has 0 aliphatic carbocycles. The van der Waals surface area contributed by atoms with Crippen molar-refractivity contribution in [2.45, 2.75) is 0 Å². The smallest absolute Gasteiger partial charge is 0.357 e. The summed E-state index contributed by atoms with van der Waals surface area (Å²) in [6.07, 6.45) is 0. The van der Waals surface area contributed by atoms with Gasteiger partial charge in [-0.3, -0.25) is 0 Å². The van der Waals surface area contributed by atoms with Crippen molar-refractivity contribution < 1.29 is 19.5 Å². The molecule has 20 aromatic carbocycles. The second-order valence-corrected chi connectivity index (χ2v) is 33.8. The van der Waals surface area contributed by atoms with E-state index in [9.17, 15) is 0 Å². The quantitative estimate of drug-likeness (QED) is 0.0713. The number of anilines is 18. The molecule has 2 aliphatic rings. The molecular weight excluding hydrogens is 1770 g/mol. The molecule has 0 saturated heterocycles. The summed E-state index contributed by atoms with van der Waals surface area (Å²) in [6, 6.07) is 186. The van der Waals surface area contributed by atoms with Gasteiger partial charge in [-0.1, -0.05) is 322 Å². The summed E-state index contributed by atoms with van der Waals surface area (Å²) in [5.74, 6) is 2.21. The first-order valence-corrected chi connectivity index (χ1v) is 46.8. The molecule has 0 fully saturated rings. The molecule has 664 valence electrons. The topological polar surface area (TPSA) is 125 Å². The van der Waals surface area contributed by atoms with Gasteiger partial charge < -0.3 is 59.3 Å². The van der Waals surface area contributed by atoms with E-state index in [1.54, 1.807) is 0 Å². The minimum absolute atomic E-state index is 0. The molecule has 23 aromatic rings. The molecule has 8 bridgehead atoms. The van der Waals surface area contributed by atoms with Crippen LogP contribution in [-0.4, -0.2) is 29.9 Å². The van der Waals surface area contributed by atoms with Gasteiger partial charge in [0.25, 0.3) is 0 Å². The summed E-state index contributed by atoms with van der Waals surface area (Å²) in [7, 11) is 0. The number of rotatable bonds is 19. The van der Waals surface area contributed by atoms with Gasteiger partial charge in [-0.15, -0.1) is 0 Å². The molecule has 0 atom stereocenters. The van der Waals surface area contributed by atoms with Crippen LogP contribution in [0.1, 0.15) is 0 Å². The molecule has 141 heavy (non-hydrogen) atoms. The van der Waals surface area contributed by atoms with Crippen molar-refractivity contribution in [1.29, 1.82) is 0 Å². The summed E-state index contributed by atoms with van der Waals surface area (Å²) in [4.78, 5) is 53.1. The van der Waals surface area contributed by atoms with Gasteiger partial charge in [-0.05, 0) is 250 Å². The SMILES string of the molecule is [Zn+2].c1ccc(N(c2ccccc2)c2ccc(-c3ccc(N(c4ccccc4)c4ccccc4)cc3)cc2)cc1.c1ccc(N(c2ccccc2)c2ccc(N(c3ccc(N(c4ccccc4)c4ccccc4)cc3)c3ccc(N(c4ccccc4)c4cccc5ccccc45)cc3)cc2)cc1.c1ccc2c(c1)-c1nc-2nc2[n-]c(nc3nc(nc4[n-]c(n1)c1ccccc41)-c1ccccc1-3)c1ccccc21. The number of benzene rings is 20. The zero-order chi connectivity index (χ0) is 93.3. The van der Waals surface area contributed by atoms with Crippen LogP contribution in [0.3, 0.4) is 0 Å². The van der Waals surface area contributed by atoms with Gasteiger partial charge >= 0.3 is 19.5 Å². The van der Waals surface area contributed by atoms with E-state index in [1.165, 1.54) is 21.9 Å². The van der Waals surface area contributed by atoms with Gasteiger partial charge in [-0.25, -0.2) is 9.97 Å². The average Bonchev–Trinajstić information content (AvgIpc) is 1.61. The Balaban J connectivity index is 0.000000126. The second-order valence-electron chi connectivity index (χ2n) is 33.8. The maximum absolute atomic E-state index is 4.95. The van der Waals surface area contributed by atoms with E-state index in [1.807, 2.05) is 97.1 Å². The Morgan fingerprint density at radius 1 is 0.135 bits per heavy atom. The Bertz CT molecular complexity index is 7720. The number of fused-ring (bicyclic) bond motifs is 21. The fraction of sp³-hybridized carbons (Fsp3) is 0. The minimum Gasteiger partial charge on any atom is -0.357 e. The summed E-state index contributed by atoms with van der Waals surface area (Å²) in [5, 5.41) is 5.98. The first kappa shape index (κ1) is 87.8. The van der Waals surface area contributed by atoms with Gasteiger partial charge in [0.15, 0.2) is 0 Å². The third-order valence-electron chi connectivity index (χ3n) is 25.1. The molecule has 0 saturated carbocycles. The standard InChI is InChI=1S/C58H44N4.C36H28N2.C32H16N8.Zn/c1-6-21-46(22-7-1)59(47-23-8-2-9-24-47)51-33-37-53(38-34-51)61(54-39-35-52(36-40-54)60(48-25-10-3-11-26-48)49-27-12-4-13-28-49)55-41-43-56(44-42-55)62(50-29-14-5-15-30-50)58-32-18-20-45-19-16-17-31-57(45)58;1-5-13-31(14-6-1)37(32-15-7-2-8-16-32)35-25-21-29(22-26-35)30-23-27-36(28-24-30)38(33-17-9-3-10-18-33)34-19-11-4-12-20-34;1-2-10-18-17(9-1)25-33-26(18)38-28-21-13-5-6-14-22(21)30(35-28)40-32-24-16-8-7-15-23(24)31(36-32)39-29-20-12-4-3-11-19(20)27(34-29)37-25;/h1-44H;1-28H;1-16H;/q;;-2;+2. The molecule has 0 unspecified atom stereocenters. The van der Waals surface area contributed by atoms with Crippen molar-refractivity contribution in [2.24, 2.45) is 0 Å². The molecule has 5 heterocycles. The second kappa shape index (κ2) is 40.2. The molecule has 25 rings (SSSR count). The molecule has 0 amide bonds. The van der Waals surface area contributed by atoms with Crippen molar-refractivity contribution in [3.05, 3.63) is 534 Å². The summed E-state index contributed by atoms with van der Waals surface area (Å²) in [5.41, 5.74) is 28.0. The first-order chi connectivity index (χ1) is 69.4. The van der Waals surface area contributed by atoms with E-state index in [2.05, 4.69) is 466 Å². The Labute approximate surface area is 830 Å². The molecule has 3 aromatic heterocycles. The van der Waals surface area contributed by atoms with Crippen LogP contribution in [0.25, 0.3) is 112 Å². The normalized spacial score (nSPS) is 11.1. The van der Waals surface area contributed by atoms with Crippen LogP contribution in [0.4, 0.5) is 102 Å². The predicted octanol–water partition coefficient (Wildman–Crippen LogP) is 33.1. The Kier molecular flexibility index (Phi) is 25.0. The number of aromatic nitrogens is 8. The fourth-order valence-corrected chi connectivity index (χ4v) is 18.6. The molecule has 15 heteroatoms. The van der Waals surface area contributed by atoms with Gasteiger partial charge in [0, 0.05) is 147 Å². The molecule has 0 spiro atoms. The van der Waals surface area contributed by atoms with Crippen molar-refractivity contribution in [1.82, 2.24) is 39.9 Å². The van der Waals surface area contributed by atoms with Crippen LogP contribution in [-0.2, 0) is 19.5 Å². The van der Waals surface area contributed by atoms with Gasteiger partial charge in [0.05, 0.1) is 29.0 Å². The predicted molar refractivity (Wildman–Crippen MR) is 578 cm³/mol. The van der Waals surface area contributed by atoms with Crippen molar-refractivity contribution >= 4 is 157 Å². The van der Waals surface area contributed by atoms with E-state index in [0.29, 0.717) is 45.9 Å². The monoisotopic (exact) mass is 1860 g/mol. The van der Waals surface area contributed by atoms with E-state index in [4.69, 9.17) is 39.9 Å². The molecule has 0 N–H and O–H groups in total. The van der Waals surface area contributed by atoms with Crippen LogP contribution in [0.15, 0.2) is 534 Å². The largest absolute Gasteiger partial charge is 2.00 e. The van der Waals surface area contributed by atoms with Gasteiger partial charge in [0.2, 0.25) is 0 Å². The molecular formula is C126H88N14Zn. The van der Waals surface area contributed by atoms with Crippen LogP contribution < -0.4 is 39.4 Å². The van der Waals surface area contributed by atoms with Crippen LogP contribution in [0.2, 0.25) is 0 Å². The van der Waals surface area contributed by atoms with Gasteiger partial charge in [0.1, 0.15) is 0 Å². The maximum atomic E-state index is 4.95. The number of hydrogen-bond donors (Lipinski definition) is 0. The van der Waals surface area contributed by atoms with Crippen molar-refractivity contribution in [3.63, 3.8) is 0 Å². The fourth-order valence-electron chi connectivity index (χ4n) is 18.6. The third-order valence-corrected chi connectivity index (χ3v) is 25.1. The summed E-state index contributed by atoms with van der Waals surface area (Å²) in [6.45, 7) is 0. The van der Waals surface area contributed by atoms with Crippen molar-refractivity contribution in [2.75, 3.05) is 29.4 Å². The zero-order valence-corrected chi connectivity index (χ0v) is 79.7. The zero-order valence-electron chi connectivity index (χ0n) is 76.8.